The van der Waals surface area contributed by atoms with E-state index in [-0.39, 0.29) is 5.91 Å². The summed E-state index contributed by atoms with van der Waals surface area (Å²) in [6.07, 6.45) is 2.42. The van der Waals surface area contributed by atoms with E-state index < -0.39 is 0 Å². The number of aryl methyl sites for hydroxylation is 1. The van der Waals surface area contributed by atoms with Gasteiger partial charge < -0.3 is 5.32 Å². The molecule has 17 heavy (non-hydrogen) atoms. The number of nitrogens with zero attached hydrogens (tertiary/aromatic N) is 2. The van der Waals surface area contributed by atoms with Gasteiger partial charge in [-0.25, -0.2) is 0 Å². The highest BCUT2D eigenvalue weighted by Crippen LogP contribution is 2.10. The number of carbonyl (C=O) groups excluding carboxylic acids is 2. The fraction of sp³-hybridized carbons (Fsp3) is 0.0833. The minimum Gasteiger partial charge on any atom is -0.321 e. The third-order valence-corrected chi connectivity index (χ3v) is 2.23. The van der Waals surface area contributed by atoms with Crippen LogP contribution in [0, 0.1) is 0 Å². The molecule has 86 valence electrons. The lowest BCUT2D eigenvalue weighted by Gasteiger charge is -2.03. The molecule has 0 saturated carbocycles. The highest BCUT2D eigenvalue weighted by atomic mass is 16.2. The second-order valence-electron chi connectivity index (χ2n) is 3.57. The van der Waals surface area contributed by atoms with E-state index in [0.29, 0.717) is 16.9 Å². The maximum atomic E-state index is 11.8. The molecule has 0 fully saturated rings. The van der Waals surface area contributed by atoms with Crippen LogP contribution in [0.4, 0.5) is 5.69 Å². The van der Waals surface area contributed by atoms with Gasteiger partial charge in [0.25, 0.3) is 5.91 Å². The minimum atomic E-state index is -0.298. The molecule has 0 spiro atoms. The highest BCUT2D eigenvalue weighted by Gasteiger charge is 2.08. The topological polar surface area (TPSA) is 64.0 Å². The predicted octanol–water partition coefficient (Wildman–Crippen LogP) is 1.48. The summed E-state index contributed by atoms with van der Waals surface area (Å²) in [5, 5.41) is 6.66. The summed E-state index contributed by atoms with van der Waals surface area (Å²) < 4.78 is 1.55. The van der Waals surface area contributed by atoms with Gasteiger partial charge >= 0.3 is 0 Å². The van der Waals surface area contributed by atoms with E-state index in [1.54, 1.807) is 48.3 Å². The molecule has 0 aliphatic carbocycles. The molecular weight excluding hydrogens is 218 g/mol. The van der Waals surface area contributed by atoms with Crippen LogP contribution in [0.2, 0.25) is 0 Å². The minimum absolute atomic E-state index is 0.298. The molecule has 0 aliphatic rings. The summed E-state index contributed by atoms with van der Waals surface area (Å²) >= 11 is 0. The first-order chi connectivity index (χ1) is 8.19. The fourth-order valence-electron chi connectivity index (χ4n) is 1.42. The largest absolute Gasteiger partial charge is 0.321 e. The Balaban J connectivity index is 2.15. The van der Waals surface area contributed by atoms with Crippen molar-refractivity contribution in [2.75, 3.05) is 5.32 Å². The summed E-state index contributed by atoms with van der Waals surface area (Å²) in [5.74, 6) is -0.298. The Hall–Kier alpha value is -2.43. The molecule has 0 unspecified atom stereocenters. The van der Waals surface area contributed by atoms with E-state index in [2.05, 4.69) is 10.4 Å². The lowest BCUT2D eigenvalue weighted by Crippen LogP contribution is -2.13. The van der Waals surface area contributed by atoms with Crippen LogP contribution in [0.25, 0.3) is 0 Å². The van der Waals surface area contributed by atoms with Gasteiger partial charge in [-0.3, -0.25) is 14.3 Å². The third kappa shape index (κ3) is 2.57. The van der Waals surface area contributed by atoms with E-state index in [0.717, 1.165) is 6.29 Å². The van der Waals surface area contributed by atoms with Crippen molar-refractivity contribution in [3.05, 3.63) is 47.8 Å². The van der Waals surface area contributed by atoms with Crippen LogP contribution in [0.15, 0.2) is 36.5 Å². The van der Waals surface area contributed by atoms with Crippen LogP contribution in [0.1, 0.15) is 20.8 Å². The second kappa shape index (κ2) is 4.61. The van der Waals surface area contributed by atoms with Crippen LogP contribution in [-0.2, 0) is 7.05 Å². The number of rotatable bonds is 3. The molecule has 0 saturated heterocycles. The average Bonchev–Trinajstić information content (AvgIpc) is 2.76. The summed E-state index contributed by atoms with van der Waals surface area (Å²) in [5.41, 5.74) is 1.43. The van der Waals surface area contributed by atoms with Gasteiger partial charge in [0.15, 0.2) is 5.69 Å². The highest BCUT2D eigenvalue weighted by molar-refractivity contribution is 6.03. The Kier molecular flexibility index (Phi) is 3.00. The number of hydrogen-bond donors (Lipinski definition) is 1. The zero-order valence-electron chi connectivity index (χ0n) is 9.25. The van der Waals surface area contributed by atoms with Crippen molar-refractivity contribution >= 4 is 17.9 Å². The monoisotopic (exact) mass is 229 g/mol. The van der Waals surface area contributed by atoms with Gasteiger partial charge in [-0.2, -0.15) is 5.10 Å². The van der Waals surface area contributed by atoms with E-state index in [1.807, 2.05) is 0 Å². The molecule has 5 nitrogen and oxygen atoms in total. The molecule has 2 rings (SSSR count). The molecule has 1 heterocycles. The van der Waals surface area contributed by atoms with Crippen molar-refractivity contribution in [3.8, 4) is 0 Å². The van der Waals surface area contributed by atoms with Crippen molar-refractivity contribution in [2.24, 2.45) is 7.05 Å². The first kappa shape index (κ1) is 11.1. The standard InChI is InChI=1S/C12H11N3O2/c1-15-6-5-11(14-15)12(17)13-10-4-2-3-9(7-10)8-16/h2-8H,1H3,(H,13,17). The Morgan fingerprint density at radius 2 is 2.24 bits per heavy atom. The van der Waals surface area contributed by atoms with E-state index in [1.165, 1.54) is 0 Å². The normalized spacial score (nSPS) is 9.94. The molecule has 1 aromatic heterocycles. The Morgan fingerprint density at radius 1 is 1.41 bits per heavy atom. The van der Waals surface area contributed by atoms with Gasteiger partial charge in [-0.1, -0.05) is 12.1 Å². The first-order valence-corrected chi connectivity index (χ1v) is 5.05. The predicted molar refractivity (Wildman–Crippen MR) is 63.0 cm³/mol. The summed E-state index contributed by atoms with van der Waals surface area (Å²) in [6, 6.07) is 8.32. The smallest absolute Gasteiger partial charge is 0.276 e. The van der Waals surface area contributed by atoms with E-state index >= 15 is 0 Å². The number of amides is 1. The number of aromatic nitrogens is 2. The molecule has 2 aromatic rings. The Morgan fingerprint density at radius 3 is 2.88 bits per heavy atom. The van der Waals surface area contributed by atoms with Crippen LogP contribution in [-0.4, -0.2) is 22.0 Å². The summed E-state index contributed by atoms with van der Waals surface area (Å²) in [6.45, 7) is 0. The van der Waals surface area contributed by atoms with Crippen LogP contribution < -0.4 is 5.32 Å². The summed E-state index contributed by atoms with van der Waals surface area (Å²) in [4.78, 5) is 22.3. The number of aldehydes is 1. The van der Waals surface area contributed by atoms with Gasteiger partial charge in [0.05, 0.1) is 0 Å². The fourth-order valence-corrected chi connectivity index (χ4v) is 1.42. The molecule has 0 aliphatic heterocycles. The van der Waals surface area contributed by atoms with Crippen molar-refractivity contribution in [1.29, 1.82) is 0 Å². The molecule has 5 heteroatoms. The van der Waals surface area contributed by atoms with Gasteiger partial charge in [0, 0.05) is 24.5 Å². The molecule has 1 amide bonds. The van der Waals surface area contributed by atoms with Crippen LogP contribution in [0.5, 0.6) is 0 Å². The quantitative estimate of drug-likeness (QED) is 0.811. The zero-order chi connectivity index (χ0) is 12.3. The van der Waals surface area contributed by atoms with E-state index in [4.69, 9.17) is 0 Å². The molecule has 0 bridgehead atoms. The molecule has 0 atom stereocenters. The molecule has 1 N–H and O–H groups in total. The summed E-state index contributed by atoms with van der Waals surface area (Å²) in [7, 11) is 1.74. The van der Waals surface area contributed by atoms with Crippen molar-refractivity contribution in [3.63, 3.8) is 0 Å². The Bertz CT molecular complexity index is 560. The van der Waals surface area contributed by atoms with Gasteiger partial charge in [-0.05, 0) is 18.2 Å². The van der Waals surface area contributed by atoms with Crippen LogP contribution >= 0.6 is 0 Å². The number of anilines is 1. The van der Waals surface area contributed by atoms with Crippen molar-refractivity contribution in [1.82, 2.24) is 9.78 Å². The first-order valence-electron chi connectivity index (χ1n) is 5.05. The van der Waals surface area contributed by atoms with Gasteiger partial charge in [-0.15, -0.1) is 0 Å². The maximum absolute atomic E-state index is 11.8. The SMILES string of the molecule is Cn1ccc(C(=O)Nc2cccc(C=O)c2)n1. The molecule has 0 radical (unpaired) electrons. The number of benzene rings is 1. The second-order valence-corrected chi connectivity index (χ2v) is 3.57. The average molecular weight is 229 g/mol. The Labute approximate surface area is 98.1 Å². The van der Waals surface area contributed by atoms with E-state index in [9.17, 15) is 9.59 Å². The van der Waals surface area contributed by atoms with Gasteiger partial charge in [0.2, 0.25) is 0 Å². The van der Waals surface area contributed by atoms with Crippen molar-refractivity contribution < 1.29 is 9.59 Å². The number of carbonyl (C=O) groups is 2. The molecule has 1 aromatic carbocycles. The lowest BCUT2D eigenvalue weighted by molar-refractivity contribution is 0.102. The zero-order valence-corrected chi connectivity index (χ0v) is 9.25. The van der Waals surface area contributed by atoms with Crippen molar-refractivity contribution in [2.45, 2.75) is 0 Å². The van der Waals surface area contributed by atoms with Crippen LogP contribution in [0.3, 0.4) is 0 Å². The van der Waals surface area contributed by atoms with Gasteiger partial charge in [0.1, 0.15) is 6.29 Å². The third-order valence-electron chi connectivity index (χ3n) is 2.23. The number of hydrogen-bond acceptors (Lipinski definition) is 3. The maximum Gasteiger partial charge on any atom is 0.276 e. The number of nitrogens with one attached hydrogen (secondary N) is 1. The lowest BCUT2D eigenvalue weighted by atomic mass is 10.2. The molecular formula is C12H11N3O2.